The number of carbonyl (C=O) groups is 1. The molecule has 0 aromatic rings. The van der Waals surface area contributed by atoms with E-state index in [2.05, 4.69) is 13.8 Å². The first-order valence-electron chi connectivity index (χ1n) is 17.7. The summed E-state index contributed by atoms with van der Waals surface area (Å²) in [4.78, 5) is 11.9. The first kappa shape index (κ1) is 37.2. The zero-order chi connectivity index (χ0) is 27.6. The van der Waals surface area contributed by atoms with Crippen molar-refractivity contribution in [3.63, 3.8) is 0 Å². The van der Waals surface area contributed by atoms with Crippen LogP contribution in [0.3, 0.4) is 0 Å². The summed E-state index contributed by atoms with van der Waals surface area (Å²) in [6, 6.07) is 0. The van der Waals surface area contributed by atoms with E-state index in [1.165, 1.54) is 173 Å². The fourth-order valence-electron chi connectivity index (χ4n) is 5.35. The van der Waals surface area contributed by atoms with Gasteiger partial charge in [0.15, 0.2) is 0 Å². The molecule has 226 valence electrons. The largest absolute Gasteiger partial charge is 0.435 e. The van der Waals surface area contributed by atoms with Crippen LogP contribution in [-0.4, -0.2) is 5.97 Å². The molecular weight excluding hydrogens is 464 g/mol. The van der Waals surface area contributed by atoms with E-state index in [1.54, 1.807) is 6.26 Å². The van der Waals surface area contributed by atoms with E-state index < -0.39 is 0 Å². The van der Waals surface area contributed by atoms with Crippen molar-refractivity contribution < 1.29 is 9.53 Å². The van der Waals surface area contributed by atoms with Crippen LogP contribution in [0.25, 0.3) is 0 Å². The summed E-state index contributed by atoms with van der Waals surface area (Å²) in [7, 11) is 0. The molecule has 0 rings (SSSR count). The van der Waals surface area contributed by atoms with Crippen molar-refractivity contribution in [1.82, 2.24) is 0 Å². The number of ether oxygens (including phenoxy) is 1. The number of hydrogen-bond donors (Lipinski definition) is 0. The Balaban J connectivity index is 3.21. The molecule has 0 radical (unpaired) electrons. The second-order valence-corrected chi connectivity index (χ2v) is 11.9. The average molecular weight is 535 g/mol. The average Bonchev–Trinajstić information content (AvgIpc) is 2.92. The minimum atomic E-state index is -0.0584. The normalized spacial score (nSPS) is 11.5. The third-order valence-electron chi connectivity index (χ3n) is 8.00. The van der Waals surface area contributed by atoms with Gasteiger partial charge in [-0.05, 0) is 25.3 Å². The van der Waals surface area contributed by atoms with E-state index in [4.69, 9.17) is 4.74 Å². The summed E-state index contributed by atoms with van der Waals surface area (Å²) in [6.45, 7) is 4.57. The van der Waals surface area contributed by atoms with Gasteiger partial charge in [0.25, 0.3) is 0 Å². The maximum Gasteiger partial charge on any atom is 0.310 e. The zero-order valence-electron chi connectivity index (χ0n) is 26.4. The molecule has 2 nitrogen and oxygen atoms in total. The van der Waals surface area contributed by atoms with Crippen LogP contribution in [0.2, 0.25) is 0 Å². The lowest BCUT2D eigenvalue weighted by Gasteiger charge is -2.03. The van der Waals surface area contributed by atoms with Crippen LogP contribution in [0.4, 0.5) is 0 Å². The van der Waals surface area contributed by atoms with Gasteiger partial charge in [-0.25, -0.2) is 0 Å². The molecule has 0 saturated carbocycles. The predicted octanol–water partition coefficient (Wildman–Crippen LogP) is 13.2. The van der Waals surface area contributed by atoms with E-state index in [0.29, 0.717) is 6.42 Å². The molecule has 0 aliphatic carbocycles. The van der Waals surface area contributed by atoms with E-state index in [9.17, 15) is 4.79 Å². The molecule has 0 aromatic heterocycles. The van der Waals surface area contributed by atoms with Crippen LogP contribution in [0.1, 0.15) is 213 Å². The monoisotopic (exact) mass is 535 g/mol. The molecule has 0 heterocycles. The van der Waals surface area contributed by atoms with E-state index in [0.717, 1.165) is 19.3 Å². The minimum Gasteiger partial charge on any atom is -0.435 e. The summed E-state index contributed by atoms with van der Waals surface area (Å²) in [6.07, 6.45) is 45.0. The van der Waals surface area contributed by atoms with Gasteiger partial charge < -0.3 is 4.74 Å². The lowest BCUT2D eigenvalue weighted by Crippen LogP contribution is -1.98. The Morgan fingerprint density at radius 3 is 1.05 bits per heavy atom. The van der Waals surface area contributed by atoms with Crippen molar-refractivity contribution in [2.24, 2.45) is 0 Å². The van der Waals surface area contributed by atoms with E-state index >= 15 is 0 Å². The Labute approximate surface area is 240 Å². The highest BCUT2D eigenvalue weighted by molar-refractivity contribution is 5.69. The highest BCUT2D eigenvalue weighted by Gasteiger charge is 2.01. The van der Waals surface area contributed by atoms with Crippen molar-refractivity contribution in [3.8, 4) is 0 Å². The third-order valence-corrected chi connectivity index (χ3v) is 8.00. The summed E-state index contributed by atoms with van der Waals surface area (Å²) in [5.74, 6) is -0.0584. The number of allylic oxidation sites excluding steroid dienone is 1. The van der Waals surface area contributed by atoms with Gasteiger partial charge in [-0.15, -0.1) is 0 Å². The van der Waals surface area contributed by atoms with Gasteiger partial charge in [-0.1, -0.05) is 187 Å². The third kappa shape index (κ3) is 33.2. The van der Waals surface area contributed by atoms with Crippen LogP contribution in [0.5, 0.6) is 0 Å². The summed E-state index contributed by atoms with van der Waals surface area (Å²) in [5, 5.41) is 0. The van der Waals surface area contributed by atoms with Crippen molar-refractivity contribution >= 4 is 5.97 Å². The summed E-state index contributed by atoms with van der Waals surface area (Å²) < 4.78 is 5.26. The highest BCUT2D eigenvalue weighted by atomic mass is 16.5. The number of carbonyl (C=O) groups excluding carboxylic acids is 1. The standard InChI is InChI=1S/C36H70O2/c1-3-5-7-9-11-13-15-17-19-21-23-25-27-29-31-33-35-38-36(37)34-32-30-28-26-24-22-20-18-16-14-12-10-8-6-4-2/h33,35H,3-32,34H2,1-2H3/b35-33+. The molecule has 0 unspecified atom stereocenters. The fourth-order valence-corrected chi connectivity index (χ4v) is 5.35. The van der Waals surface area contributed by atoms with Crippen LogP contribution < -0.4 is 0 Å². The van der Waals surface area contributed by atoms with E-state index in [1.807, 2.05) is 6.08 Å². The molecule has 0 spiro atoms. The van der Waals surface area contributed by atoms with Gasteiger partial charge in [0, 0.05) is 6.42 Å². The topological polar surface area (TPSA) is 26.3 Å². The Hall–Kier alpha value is -0.790. The molecule has 2 heteroatoms. The second kappa shape index (κ2) is 34.2. The molecule has 0 N–H and O–H groups in total. The van der Waals surface area contributed by atoms with Gasteiger partial charge in [-0.3, -0.25) is 4.79 Å². The number of esters is 1. The zero-order valence-corrected chi connectivity index (χ0v) is 26.4. The summed E-state index contributed by atoms with van der Waals surface area (Å²) >= 11 is 0. The molecule has 38 heavy (non-hydrogen) atoms. The molecule has 0 saturated heterocycles. The van der Waals surface area contributed by atoms with Crippen molar-refractivity contribution in [2.45, 2.75) is 213 Å². The summed E-state index contributed by atoms with van der Waals surface area (Å²) in [5.41, 5.74) is 0. The molecular formula is C36H70O2. The Morgan fingerprint density at radius 2 is 0.711 bits per heavy atom. The van der Waals surface area contributed by atoms with Gasteiger partial charge in [0.2, 0.25) is 0 Å². The number of hydrogen-bond acceptors (Lipinski definition) is 2. The van der Waals surface area contributed by atoms with Crippen molar-refractivity contribution in [1.29, 1.82) is 0 Å². The fraction of sp³-hybridized carbons (Fsp3) is 0.917. The molecule has 0 fully saturated rings. The number of unbranched alkanes of at least 4 members (excludes halogenated alkanes) is 28. The first-order chi connectivity index (χ1) is 18.8. The van der Waals surface area contributed by atoms with Crippen LogP contribution in [-0.2, 0) is 9.53 Å². The molecule has 0 aliphatic heterocycles. The van der Waals surface area contributed by atoms with Gasteiger partial charge in [0.1, 0.15) is 0 Å². The molecule has 0 bridgehead atoms. The number of rotatable bonds is 32. The van der Waals surface area contributed by atoms with Gasteiger partial charge in [-0.2, -0.15) is 0 Å². The predicted molar refractivity (Wildman–Crippen MR) is 170 cm³/mol. The van der Waals surface area contributed by atoms with E-state index in [-0.39, 0.29) is 5.97 Å². The molecule has 0 amide bonds. The highest BCUT2D eigenvalue weighted by Crippen LogP contribution is 2.15. The lowest BCUT2D eigenvalue weighted by atomic mass is 10.0. The smallest absolute Gasteiger partial charge is 0.310 e. The molecule has 0 aromatic carbocycles. The maximum atomic E-state index is 11.9. The van der Waals surface area contributed by atoms with Crippen LogP contribution in [0.15, 0.2) is 12.3 Å². The quantitative estimate of drug-likeness (QED) is 0.0487. The van der Waals surface area contributed by atoms with Gasteiger partial charge in [0.05, 0.1) is 6.26 Å². The SMILES string of the molecule is CCCCCCCCCCCCCCCC/C=C/OC(=O)CCCCCCCCCCCCCCCCC. The van der Waals surface area contributed by atoms with Gasteiger partial charge >= 0.3 is 5.97 Å². The Kier molecular flexibility index (Phi) is 33.5. The minimum absolute atomic E-state index is 0.0584. The molecule has 0 aliphatic rings. The second-order valence-electron chi connectivity index (χ2n) is 11.9. The molecule has 0 atom stereocenters. The Bertz CT molecular complexity index is 470. The van der Waals surface area contributed by atoms with Crippen LogP contribution in [0, 0.1) is 0 Å². The Morgan fingerprint density at radius 1 is 0.421 bits per heavy atom. The first-order valence-corrected chi connectivity index (χ1v) is 17.7. The lowest BCUT2D eigenvalue weighted by molar-refractivity contribution is -0.138. The van der Waals surface area contributed by atoms with Crippen molar-refractivity contribution in [2.75, 3.05) is 0 Å². The maximum absolute atomic E-state index is 11.9. The van der Waals surface area contributed by atoms with Crippen molar-refractivity contribution in [3.05, 3.63) is 12.3 Å². The van der Waals surface area contributed by atoms with Crippen LogP contribution >= 0.6 is 0 Å².